The van der Waals surface area contributed by atoms with Crippen LogP contribution in [0.2, 0.25) is 0 Å². The number of amides is 1. The van der Waals surface area contributed by atoms with E-state index in [1.807, 2.05) is 73.2 Å². The molecule has 1 aliphatic rings. The zero-order valence-electron chi connectivity index (χ0n) is 19.0. The van der Waals surface area contributed by atoms with Gasteiger partial charge in [0.15, 0.2) is 0 Å². The molecule has 1 heterocycles. The Labute approximate surface area is 195 Å². The van der Waals surface area contributed by atoms with E-state index >= 15 is 0 Å². The van der Waals surface area contributed by atoms with E-state index in [0.29, 0.717) is 6.54 Å². The van der Waals surface area contributed by atoms with Crippen molar-refractivity contribution < 1.29 is 4.79 Å². The molecule has 1 N–H and O–H groups in total. The molecule has 2 aromatic rings. The molecule has 0 aliphatic heterocycles. The SMILES string of the molecule is C=C/C=C(\C=C(/C)c1ccccc1)CNC(=O)/C=C/C1=CC(C#N)C(n2cnc(C)c2)C=C1. The quantitative estimate of drug-likeness (QED) is 0.453. The van der Waals surface area contributed by atoms with E-state index in [9.17, 15) is 10.1 Å². The predicted octanol–water partition coefficient (Wildman–Crippen LogP) is 5.26. The summed E-state index contributed by atoms with van der Waals surface area (Å²) in [5.41, 5.74) is 4.92. The highest BCUT2D eigenvalue weighted by atomic mass is 16.1. The summed E-state index contributed by atoms with van der Waals surface area (Å²) in [5.74, 6) is -0.537. The molecule has 33 heavy (non-hydrogen) atoms. The summed E-state index contributed by atoms with van der Waals surface area (Å²) in [6.45, 7) is 8.12. The van der Waals surface area contributed by atoms with E-state index in [1.165, 1.54) is 6.08 Å². The zero-order chi connectivity index (χ0) is 23.6. The molecular formula is C28H28N4O. The Bertz CT molecular complexity index is 1190. The fourth-order valence-electron chi connectivity index (χ4n) is 3.60. The van der Waals surface area contributed by atoms with Crippen molar-refractivity contribution in [1.29, 1.82) is 5.26 Å². The first-order valence-corrected chi connectivity index (χ1v) is 10.8. The van der Waals surface area contributed by atoms with Crippen LogP contribution in [0.5, 0.6) is 0 Å². The Morgan fingerprint density at radius 2 is 2.12 bits per heavy atom. The van der Waals surface area contributed by atoms with Gasteiger partial charge in [0.25, 0.3) is 0 Å². The number of hydrogen-bond acceptors (Lipinski definition) is 3. The van der Waals surface area contributed by atoms with Gasteiger partial charge in [-0.25, -0.2) is 4.98 Å². The Hall–Kier alpha value is -4.17. The third-order valence-electron chi connectivity index (χ3n) is 5.31. The molecule has 0 radical (unpaired) electrons. The summed E-state index contributed by atoms with van der Waals surface area (Å²) in [6.07, 6.45) is 18.3. The van der Waals surface area contributed by atoms with Crippen LogP contribution in [0.25, 0.3) is 5.57 Å². The summed E-state index contributed by atoms with van der Waals surface area (Å²) >= 11 is 0. The largest absolute Gasteiger partial charge is 0.348 e. The molecule has 1 amide bonds. The van der Waals surface area contributed by atoms with Gasteiger partial charge in [-0.15, -0.1) is 0 Å². The number of aromatic nitrogens is 2. The van der Waals surface area contributed by atoms with Gasteiger partial charge in [-0.1, -0.05) is 73.4 Å². The molecule has 0 fully saturated rings. The topological polar surface area (TPSA) is 70.7 Å². The molecule has 2 atom stereocenters. The molecule has 0 saturated carbocycles. The average Bonchev–Trinajstić information content (AvgIpc) is 3.27. The summed E-state index contributed by atoms with van der Waals surface area (Å²) in [7, 11) is 0. The molecule has 5 nitrogen and oxygen atoms in total. The van der Waals surface area contributed by atoms with Crippen LogP contribution in [-0.2, 0) is 4.79 Å². The highest BCUT2D eigenvalue weighted by Gasteiger charge is 2.21. The number of nitriles is 1. The summed E-state index contributed by atoms with van der Waals surface area (Å²) in [4.78, 5) is 16.6. The molecule has 1 aromatic heterocycles. The van der Waals surface area contributed by atoms with E-state index in [4.69, 9.17) is 0 Å². The Balaban J connectivity index is 1.60. The molecule has 0 bridgehead atoms. The number of allylic oxidation sites excluding steroid dienone is 8. The highest BCUT2D eigenvalue weighted by Crippen LogP contribution is 2.27. The molecule has 3 rings (SSSR count). The number of rotatable bonds is 8. The van der Waals surface area contributed by atoms with Gasteiger partial charge in [-0.05, 0) is 42.2 Å². The van der Waals surface area contributed by atoms with Gasteiger partial charge in [0.1, 0.15) is 0 Å². The monoisotopic (exact) mass is 436 g/mol. The maximum atomic E-state index is 12.4. The number of carbonyl (C=O) groups is 1. The van der Waals surface area contributed by atoms with Crippen LogP contribution in [0.4, 0.5) is 0 Å². The van der Waals surface area contributed by atoms with Crippen LogP contribution < -0.4 is 5.32 Å². The third-order valence-corrected chi connectivity index (χ3v) is 5.31. The number of imidazole rings is 1. The standard InChI is InChI=1S/C28H28N4O/c1-4-8-24(15-21(2)25-9-6-5-7-10-25)18-30-28(33)14-12-23-11-13-27(26(16-23)17-29)32-19-22(3)31-20-32/h4-16,19-20,26-27H,1,18H2,2-3H3,(H,30,33)/b14-12+,21-15+,24-8+. The molecule has 1 aliphatic carbocycles. The van der Waals surface area contributed by atoms with Crippen LogP contribution in [0.15, 0.2) is 109 Å². The molecular weight excluding hydrogens is 408 g/mol. The van der Waals surface area contributed by atoms with Gasteiger partial charge < -0.3 is 9.88 Å². The number of carbonyl (C=O) groups excluding carboxylic acids is 1. The van der Waals surface area contributed by atoms with Crippen LogP contribution in [0, 0.1) is 24.2 Å². The van der Waals surface area contributed by atoms with Crippen molar-refractivity contribution in [3.63, 3.8) is 0 Å². The van der Waals surface area contributed by atoms with Crippen LogP contribution in [0.3, 0.4) is 0 Å². The van der Waals surface area contributed by atoms with Gasteiger partial charge in [0.05, 0.1) is 30.1 Å². The van der Waals surface area contributed by atoms with Crippen molar-refractivity contribution >= 4 is 11.5 Å². The number of hydrogen-bond donors (Lipinski definition) is 1. The van der Waals surface area contributed by atoms with Crippen LogP contribution in [-0.4, -0.2) is 22.0 Å². The van der Waals surface area contributed by atoms with E-state index in [-0.39, 0.29) is 17.9 Å². The number of aryl methyl sites for hydroxylation is 1. The lowest BCUT2D eigenvalue weighted by Crippen LogP contribution is -2.23. The molecule has 5 heteroatoms. The second-order valence-corrected chi connectivity index (χ2v) is 7.86. The molecule has 166 valence electrons. The first-order valence-electron chi connectivity index (χ1n) is 10.8. The summed E-state index contributed by atoms with van der Waals surface area (Å²) in [5, 5.41) is 12.5. The van der Waals surface area contributed by atoms with Crippen molar-refractivity contribution in [2.24, 2.45) is 5.92 Å². The lowest BCUT2D eigenvalue weighted by atomic mass is 9.92. The van der Waals surface area contributed by atoms with Crippen LogP contribution in [0.1, 0.15) is 24.2 Å². The van der Waals surface area contributed by atoms with Crippen LogP contribution >= 0.6 is 0 Å². The first-order chi connectivity index (χ1) is 16.0. The number of nitrogens with zero attached hydrogens (tertiary/aromatic N) is 3. The van der Waals surface area contributed by atoms with Crippen molar-refractivity contribution in [3.8, 4) is 6.07 Å². The fourth-order valence-corrected chi connectivity index (χ4v) is 3.60. The summed E-state index contributed by atoms with van der Waals surface area (Å²) in [6, 6.07) is 12.3. The Morgan fingerprint density at radius 1 is 1.33 bits per heavy atom. The van der Waals surface area contributed by atoms with Crippen molar-refractivity contribution in [1.82, 2.24) is 14.9 Å². The second kappa shape index (κ2) is 11.4. The number of benzene rings is 1. The lowest BCUT2D eigenvalue weighted by molar-refractivity contribution is -0.116. The van der Waals surface area contributed by atoms with Gasteiger partial charge >= 0.3 is 0 Å². The molecule has 0 spiro atoms. The Morgan fingerprint density at radius 3 is 2.79 bits per heavy atom. The van der Waals surface area contributed by atoms with Crippen molar-refractivity contribution in [2.45, 2.75) is 19.9 Å². The average molecular weight is 437 g/mol. The van der Waals surface area contributed by atoms with E-state index in [1.54, 1.807) is 18.5 Å². The number of nitrogens with one attached hydrogen (secondary N) is 1. The van der Waals surface area contributed by atoms with E-state index in [0.717, 1.165) is 28.0 Å². The van der Waals surface area contributed by atoms with Gasteiger partial charge in [0, 0.05) is 18.8 Å². The highest BCUT2D eigenvalue weighted by molar-refractivity contribution is 5.88. The molecule has 2 unspecified atom stereocenters. The fraction of sp³-hybridized carbons (Fsp3) is 0.179. The first kappa shape index (κ1) is 23.5. The predicted molar refractivity (Wildman–Crippen MR) is 133 cm³/mol. The van der Waals surface area contributed by atoms with Gasteiger partial charge in [-0.2, -0.15) is 5.26 Å². The Kier molecular flexibility index (Phi) is 8.15. The zero-order valence-corrected chi connectivity index (χ0v) is 19.0. The minimum absolute atomic E-state index is 0.103. The van der Waals surface area contributed by atoms with E-state index in [2.05, 4.69) is 35.1 Å². The lowest BCUT2D eigenvalue weighted by Gasteiger charge is -2.21. The van der Waals surface area contributed by atoms with Gasteiger partial charge in [-0.3, -0.25) is 4.79 Å². The summed E-state index contributed by atoms with van der Waals surface area (Å²) < 4.78 is 1.93. The van der Waals surface area contributed by atoms with Gasteiger partial charge in [0.2, 0.25) is 5.91 Å². The van der Waals surface area contributed by atoms with Crippen molar-refractivity contribution in [3.05, 3.63) is 120 Å². The molecule has 1 aromatic carbocycles. The smallest absolute Gasteiger partial charge is 0.244 e. The maximum Gasteiger partial charge on any atom is 0.244 e. The molecule has 0 saturated heterocycles. The third kappa shape index (κ3) is 6.65. The second-order valence-electron chi connectivity index (χ2n) is 7.86. The minimum Gasteiger partial charge on any atom is -0.348 e. The van der Waals surface area contributed by atoms with E-state index < -0.39 is 0 Å². The minimum atomic E-state index is -0.334. The normalized spacial score (nSPS) is 18.6. The van der Waals surface area contributed by atoms with Crippen molar-refractivity contribution in [2.75, 3.05) is 6.54 Å². The maximum absolute atomic E-state index is 12.4.